The Hall–Kier alpha value is -0.250. The third-order valence-electron chi connectivity index (χ3n) is 3.48. The van der Waals surface area contributed by atoms with Crippen LogP contribution in [0.15, 0.2) is 18.2 Å². The molecule has 5 heteroatoms. The van der Waals surface area contributed by atoms with Crippen molar-refractivity contribution < 1.29 is 4.79 Å². The van der Waals surface area contributed by atoms with Gasteiger partial charge in [0.15, 0.2) is 0 Å². The SMILES string of the molecule is CC1CCN(C(=O)c2c(Cl)cccc2Cl)C1CBr. The molecule has 1 aliphatic heterocycles. The maximum Gasteiger partial charge on any atom is 0.257 e. The van der Waals surface area contributed by atoms with E-state index in [1.165, 1.54) is 0 Å². The zero-order valence-corrected chi connectivity index (χ0v) is 13.1. The Kier molecular flexibility index (Phi) is 4.57. The van der Waals surface area contributed by atoms with Crippen molar-refractivity contribution in [1.82, 2.24) is 4.90 Å². The van der Waals surface area contributed by atoms with Crippen molar-refractivity contribution in [1.29, 1.82) is 0 Å². The first-order valence-corrected chi connectivity index (χ1v) is 7.75. The van der Waals surface area contributed by atoms with E-state index < -0.39 is 0 Å². The molecule has 1 saturated heterocycles. The summed E-state index contributed by atoms with van der Waals surface area (Å²) in [6.45, 7) is 2.92. The van der Waals surface area contributed by atoms with Crippen LogP contribution in [0.1, 0.15) is 23.7 Å². The summed E-state index contributed by atoms with van der Waals surface area (Å²) in [5.74, 6) is 0.425. The van der Waals surface area contributed by atoms with Gasteiger partial charge in [0.2, 0.25) is 0 Å². The van der Waals surface area contributed by atoms with Crippen molar-refractivity contribution in [2.24, 2.45) is 5.92 Å². The molecule has 98 valence electrons. The average molecular weight is 351 g/mol. The lowest BCUT2D eigenvalue weighted by Gasteiger charge is -2.26. The highest BCUT2D eigenvalue weighted by molar-refractivity contribution is 9.09. The number of likely N-dealkylation sites (tertiary alicyclic amines) is 1. The predicted octanol–water partition coefficient (Wildman–Crippen LogP) is 4.24. The monoisotopic (exact) mass is 349 g/mol. The molecule has 2 unspecified atom stereocenters. The quantitative estimate of drug-likeness (QED) is 0.730. The third kappa shape index (κ3) is 2.54. The summed E-state index contributed by atoms with van der Waals surface area (Å²) in [6.07, 6.45) is 1.02. The Balaban J connectivity index is 2.32. The van der Waals surface area contributed by atoms with Gasteiger partial charge >= 0.3 is 0 Å². The number of carbonyl (C=O) groups is 1. The Bertz CT molecular complexity index is 446. The zero-order chi connectivity index (χ0) is 13.3. The second kappa shape index (κ2) is 5.81. The number of carbonyl (C=O) groups excluding carboxylic acids is 1. The second-order valence-corrected chi connectivity index (χ2v) is 6.04. The van der Waals surface area contributed by atoms with Crippen LogP contribution in [0.3, 0.4) is 0 Å². The molecule has 1 aromatic rings. The maximum absolute atomic E-state index is 12.5. The number of halogens is 3. The van der Waals surface area contributed by atoms with Crippen LogP contribution >= 0.6 is 39.1 Å². The topological polar surface area (TPSA) is 20.3 Å². The number of hydrogen-bond donors (Lipinski definition) is 0. The minimum absolute atomic E-state index is 0.0700. The van der Waals surface area contributed by atoms with Gasteiger partial charge < -0.3 is 4.90 Å². The van der Waals surface area contributed by atoms with Crippen LogP contribution < -0.4 is 0 Å². The summed E-state index contributed by atoms with van der Waals surface area (Å²) in [6, 6.07) is 5.35. The summed E-state index contributed by atoms with van der Waals surface area (Å²) in [7, 11) is 0. The molecule has 0 saturated carbocycles. The zero-order valence-electron chi connectivity index (χ0n) is 10.00. The fourth-order valence-corrected chi connectivity index (χ4v) is 3.89. The lowest BCUT2D eigenvalue weighted by Crippen LogP contribution is -2.38. The fraction of sp³-hybridized carbons (Fsp3) is 0.462. The van der Waals surface area contributed by atoms with Crippen molar-refractivity contribution in [2.45, 2.75) is 19.4 Å². The maximum atomic E-state index is 12.5. The van der Waals surface area contributed by atoms with E-state index in [1.807, 2.05) is 4.90 Å². The molecule has 1 aliphatic rings. The molecule has 2 nitrogen and oxygen atoms in total. The lowest BCUT2D eigenvalue weighted by atomic mass is 10.0. The number of alkyl halides is 1. The highest BCUT2D eigenvalue weighted by atomic mass is 79.9. The van der Waals surface area contributed by atoms with Gasteiger partial charge in [-0.1, -0.05) is 52.1 Å². The molecular weight excluding hydrogens is 337 g/mol. The fourth-order valence-electron chi connectivity index (χ4n) is 2.34. The van der Waals surface area contributed by atoms with Crippen LogP contribution in [0.4, 0.5) is 0 Å². The molecule has 0 spiro atoms. The first-order chi connectivity index (χ1) is 8.56. The molecule has 0 aromatic heterocycles. The first kappa shape index (κ1) is 14.2. The minimum Gasteiger partial charge on any atom is -0.334 e. The first-order valence-electron chi connectivity index (χ1n) is 5.87. The van der Waals surface area contributed by atoms with Crippen LogP contribution in [-0.2, 0) is 0 Å². The third-order valence-corrected chi connectivity index (χ3v) is 4.77. The molecule has 1 fully saturated rings. The number of amides is 1. The van der Waals surface area contributed by atoms with E-state index in [2.05, 4.69) is 22.9 Å². The molecule has 0 bridgehead atoms. The average Bonchev–Trinajstić information content (AvgIpc) is 2.69. The highest BCUT2D eigenvalue weighted by Gasteiger charge is 2.35. The second-order valence-electron chi connectivity index (χ2n) is 4.58. The Labute approximate surface area is 125 Å². The van der Waals surface area contributed by atoms with Gasteiger partial charge in [-0.15, -0.1) is 0 Å². The van der Waals surface area contributed by atoms with Gasteiger partial charge in [0, 0.05) is 17.9 Å². The van der Waals surface area contributed by atoms with Crippen molar-refractivity contribution in [3.8, 4) is 0 Å². The molecule has 0 N–H and O–H groups in total. The van der Waals surface area contributed by atoms with Crippen LogP contribution in [0.25, 0.3) is 0 Å². The molecule has 1 aromatic carbocycles. The normalized spacial score (nSPS) is 23.4. The van der Waals surface area contributed by atoms with Gasteiger partial charge in [-0.25, -0.2) is 0 Å². The van der Waals surface area contributed by atoms with Crippen molar-refractivity contribution >= 4 is 45.0 Å². The molecule has 0 radical (unpaired) electrons. The summed E-state index contributed by atoms with van der Waals surface area (Å²) in [5, 5.41) is 1.61. The number of benzene rings is 1. The van der Waals surface area contributed by atoms with E-state index in [1.54, 1.807) is 18.2 Å². The number of hydrogen-bond acceptors (Lipinski definition) is 1. The van der Waals surface area contributed by atoms with E-state index in [9.17, 15) is 4.79 Å². The lowest BCUT2D eigenvalue weighted by molar-refractivity contribution is 0.0739. The molecule has 1 heterocycles. The predicted molar refractivity (Wildman–Crippen MR) is 78.9 cm³/mol. The molecule has 18 heavy (non-hydrogen) atoms. The van der Waals surface area contributed by atoms with Crippen LogP contribution in [-0.4, -0.2) is 28.7 Å². The van der Waals surface area contributed by atoms with Crippen molar-refractivity contribution in [2.75, 3.05) is 11.9 Å². The van der Waals surface area contributed by atoms with E-state index in [0.717, 1.165) is 18.3 Å². The van der Waals surface area contributed by atoms with Crippen LogP contribution in [0, 0.1) is 5.92 Å². The van der Waals surface area contributed by atoms with Crippen LogP contribution in [0.5, 0.6) is 0 Å². The molecule has 1 amide bonds. The molecular formula is C13H14BrCl2NO. The van der Waals surface area contributed by atoms with Gasteiger partial charge in [0.25, 0.3) is 5.91 Å². The smallest absolute Gasteiger partial charge is 0.257 e. The van der Waals surface area contributed by atoms with Gasteiger partial charge in [-0.2, -0.15) is 0 Å². The largest absolute Gasteiger partial charge is 0.334 e. The van der Waals surface area contributed by atoms with Gasteiger partial charge in [-0.05, 0) is 24.5 Å². The van der Waals surface area contributed by atoms with Gasteiger partial charge in [0.05, 0.1) is 15.6 Å². The summed E-state index contributed by atoms with van der Waals surface area (Å²) >= 11 is 15.6. The Morgan fingerprint density at radius 3 is 2.61 bits per heavy atom. The van der Waals surface area contributed by atoms with E-state index in [4.69, 9.17) is 23.2 Å². The highest BCUT2D eigenvalue weighted by Crippen LogP contribution is 2.31. The molecule has 0 aliphatic carbocycles. The Morgan fingerprint density at radius 2 is 2.06 bits per heavy atom. The van der Waals surface area contributed by atoms with Crippen molar-refractivity contribution in [3.63, 3.8) is 0 Å². The van der Waals surface area contributed by atoms with E-state index in [0.29, 0.717) is 21.5 Å². The van der Waals surface area contributed by atoms with E-state index in [-0.39, 0.29) is 11.9 Å². The molecule has 2 atom stereocenters. The van der Waals surface area contributed by atoms with Crippen molar-refractivity contribution in [3.05, 3.63) is 33.8 Å². The molecule has 2 rings (SSSR count). The van der Waals surface area contributed by atoms with Gasteiger partial charge in [-0.3, -0.25) is 4.79 Å². The van der Waals surface area contributed by atoms with Gasteiger partial charge in [0.1, 0.15) is 0 Å². The number of rotatable bonds is 2. The number of nitrogens with zero attached hydrogens (tertiary/aromatic N) is 1. The van der Waals surface area contributed by atoms with E-state index >= 15 is 0 Å². The summed E-state index contributed by atoms with van der Waals surface area (Å²) < 4.78 is 0. The Morgan fingerprint density at radius 1 is 1.44 bits per heavy atom. The standard InChI is InChI=1S/C13H14BrCl2NO/c1-8-5-6-17(11(8)7-14)13(18)12-9(15)3-2-4-10(12)16/h2-4,8,11H,5-7H2,1H3. The summed E-state index contributed by atoms with van der Waals surface area (Å²) in [4.78, 5) is 14.4. The minimum atomic E-state index is -0.0700. The summed E-state index contributed by atoms with van der Waals surface area (Å²) in [5.41, 5.74) is 0.417. The van der Waals surface area contributed by atoms with Crippen LogP contribution in [0.2, 0.25) is 10.0 Å².